The molecule has 3 aromatic rings. The van der Waals surface area contributed by atoms with Crippen molar-refractivity contribution in [2.24, 2.45) is 0 Å². The van der Waals surface area contributed by atoms with Crippen molar-refractivity contribution in [2.75, 3.05) is 24.5 Å². The molecule has 2 unspecified atom stereocenters. The molecule has 0 saturated carbocycles. The van der Waals surface area contributed by atoms with E-state index in [2.05, 4.69) is 0 Å². The maximum Gasteiger partial charge on any atom is 0.421 e. The Hall–Kier alpha value is -2.60. The van der Waals surface area contributed by atoms with E-state index >= 15 is 0 Å². The summed E-state index contributed by atoms with van der Waals surface area (Å²) in [6.07, 6.45) is -4.42. The quantitative estimate of drug-likeness (QED) is 0.499. The molecule has 0 bridgehead atoms. The highest BCUT2D eigenvalue weighted by Crippen LogP contribution is 2.39. The molecule has 1 aromatic heterocycles. The van der Waals surface area contributed by atoms with Gasteiger partial charge < -0.3 is 15.1 Å². The van der Waals surface area contributed by atoms with E-state index in [-0.39, 0.29) is 34.7 Å². The Morgan fingerprint density at radius 1 is 1.06 bits per heavy atom. The number of hydrogen-bond acceptors (Lipinski definition) is 6. The van der Waals surface area contributed by atoms with Gasteiger partial charge in [-0.25, -0.2) is 8.42 Å². The minimum atomic E-state index is -4.83. The summed E-state index contributed by atoms with van der Waals surface area (Å²) >= 11 is 1.14. The lowest BCUT2D eigenvalue weighted by Crippen LogP contribution is -2.55. The molecule has 0 aliphatic carbocycles. The minimum absolute atomic E-state index is 0.0895. The van der Waals surface area contributed by atoms with Crippen molar-refractivity contribution in [3.8, 4) is 5.75 Å². The number of halogens is 3. The summed E-state index contributed by atoms with van der Waals surface area (Å²) < 4.78 is 67.7. The van der Waals surface area contributed by atoms with Crippen molar-refractivity contribution < 1.29 is 31.8 Å². The molecule has 0 radical (unpaired) electrons. The van der Waals surface area contributed by atoms with Crippen molar-refractivity contribution in [2.45, 2.75) is 35.4 Å². The van der Waals surface area contributed by atoms with Crippen molar-refractivity contribution >= 4 is 27.0 Å². The fourth-order valence-corrected chi connectivity index (χ4v) is 6.81. The molecule has 1 aliphatic heterocycles. The fraction of sp³-hybridized carbons (Fsp3) is 0.333. The molecule has 1 fully saturated rings. The Kier molecular flexibility index (Phi) is 6.89. The van der Waals surface area contributed by atoms with Gasteiger partial charge in [-0.2, -0.15) is 17.5 Å². The molecule has 2 N–H and O–H groups in total. The number of aliphatic hydroxyl groups is 1. The van der Waals surface area contributed by atoms with Gasteiger partial charge in [0, 0.05) is 31.4 Å². The maximum absolute atomic E-state index is 13.2. The summed E-state index contributed by atoms with van der Waals surface area (Å²) in [7, 11) is -3.68. The molecule has 2 heterocycles. The number of rotatable bonds is 6. The van der Waals surface area contributed by atoms with Gasteiger partial charge in [0.1, 0.15) is 9.96 Å². The first-order valence-corrected chi connectivity index (χ1v) is 13.2. The predicted molar refractivity (Wildman–Crippen MR) is 128 cm³/mol. The molecule has 1 saturated heterocycles. The van der Waals surface area contributed by atoms with E-state index in [0.29, 0.717) is 25.6 Å². The van der Waals surface area contributed by atoms with Gasteiger partial charge in [-0.1, -0.05) is 30.3 Å². The third-order valence-electron chi connectivity index (χ3n) is 6.23. The minimum Gasteiger partial charge on any atom is -0.508 e. The number of aromatic hydroxyl groups is 1. The standard InChI is InChI=1S/C24H25F3N2O4S2/c1-23(31,24(25,26)27)18-7-9-19(10-8-18)29-12-11-28(35(32,33)22-6-3-13-34-22)16-20(29)14-17-4-2-5-21(30)15-17/h2-10,13,15,20,30-31H,11-12,14,16H2,1H3. The second-order valence-corrected chi connectivity index (χ2v) is 11.7. The summed E-state index contributed by atoms with van der Waals surface area (Å²) in [4.78, 5) is 1.95. The molecule has 4 rings (SSSR count). The van der Waals surface area contributed by atoms with E-state index in [1.54, 1.807) is 35.7 Å². The van der Waals surface area contributed by atoms with Crippen LogP contribution in [0.5, 0.6) is 5.75 Å². The number of phenols is 1. The number of anilines is 1. The molecule has 11 heteroatoms. The van der Waals surface area contributed by atoms with Crippen LogP contribution in [0, 0.1) is 0 Å². The lowest BCUT2D eigenvalue weighted by atomic mass is 9.94. The Morgan fingerprint density at radius 3 is 2.37 bits per heavy atom. The number of thiophene rings is 1. The molecule has 35 heavy (non-hydrogen) atoms. The second kappa shape index (κ2) is 9.45. The average molecular weight is 527 g/mol. The largest absolute Gasteiger partial charge is 0.508 e. The summed E-state index contributed by atoms with van der Waals surface area (Å²) in [6, 6.07) is 15.1. The van der Waals surface area contributed by atoms with E-state index in [4.69, 9.17) is 0 Å². The van der Waals surface area contributed by atoms with Crippen LogP contribution in [-0.4, -0.2) is 54.8 Å². The number of phenolic OH excluding ortho intramolecular Hbond substituents is 1. The van der Waals surface area contributed by atoms with Gasteiger partial charge in [-0.15, -0.1) is 11.3 Å². The molecule has 188 valence electrons. The zero-order valence-corrected chi connectivity index (χ0v) is 20.4. The highest BCUT2D eigenvalue weighted by atomic mass is 32.2. The maximum atomic E-state index is 13.2. The van der Waals surface area contributed by atoms with Gasteiger partial charge in [0.05, 0.1) is 0 Å². The number of piperazine rings is 1. The topological polar surface area (TPSA) is 81.1 Å². The first kappa shape index (κ1) is 25.5. The van der Waals surface area contributed by atoms with E-state index in [9.17, 15) is 31.8 Å². The van der Waals surface area contributed by atoms with Gasteiger partial charge in [0.15, 0.2) is 5.60 Å². The van der Waals surface area contributed by atoms with Gasteiger partial charge in [0.25, 0.3) is 10.0 Å². The van der Waals surface area contributed by atoms with Crippen molar-refractivity contribution in [3.05, 3.63) is 77.2 Å². The normalized spacial score (nSPS) is 19.5. The van der Waals surface area contributed by atoms with Crippen molar-refractivity contribution in [1.29, 1.82) is 0 Å². The lowest BCUT2D eigenvalue weighted by molar-refractivity contribution is -0.258. The van der Waals surface area contributed by atoms with Crippen LogP contribution in [-0.2, 0) is 22.0 Å². The smallest absolute Gasteiger partial charge is 0.421 e. The molecule has 0 amide bonds. The molecular formula is C24H25F3N2O4S2. The number of nitrogens with zero attached hydrogens (tertiary/aromatic N) is 2. The Bertz CT molecular complexity index is 1260. The third kappa shape index (κ3) is 5.18. The van der Waals surface area contributed by atoms with Crippen LogP contribution >= 0.6 is 11.3 Å². The Morgan fingerprint density at radius 2 is 1.77 bits per heavy atom. The van der Waals surface area contributed by atoms with Gasteiger partial charge in [0.2, 0.25) is 0 Å². The van der Waals surface area contributed by atoms with E-state index in [0.717, 1.165) is 16.9 Å². The van der Waals surface area contributed by atoms with E-state index < -0.39 is 21.8 Å². The zero-order valence-electron chi connectivity index (χ0n) is 18.8. The van der Waals surface area contributed by atoms with Crippen LogP contribution in [0.1, 0.15) is 18.1 Å². The fourth-order valence-electron chi connectivity index (χ4n) is 4.19. The highest BCUT2D eigenvalue weighted by molar-refractivity contribution is 7.91. The third-order valence-corrected chi connectivity index (χ3v) is 9.47. The summed E-state index contributed by atoms with van der Waals surface area (Å²) in [5, 5.41) is 21.5. The molecule has 6 nitrogen and oxygen atoms in total. The van der Waals surface area contributed by atoms with E-state index in [1.165, 1.54) is 28.6 Å². The van der Waals surface area contributed by atoms with Crippen LogP contribution in [0.15, 0.2) is 70.3 Å². The van der Waals surface area contributed by atoms with Gasteiger partial charge in [-0.3, -0.25) is 0 Å². The molecule has 0 spiro atoms. The summed E-state index contributed by atoms with van der Waals surface area (Å²) in [5.74, 6) is 0.0895. The molecule has 2 aromatic carbocycles. The van der Waals surface area contributed by atoms with Crippen LogP contribution < -0.4 is 4.90 Å². The lowest BCUT2D eigenvalue weighted by Gasteiger charge is -2.42. The first-order chi connectivity index (χ1) is 16.4. The SMILES string of the molecule is CC(O)(c1ccc(N2CCN(S(=O)(=O)c3cccs3)CC2Cc2cccc(O)c2)cc1)C(F)(F)F. The van der Waals surface area contributed by atoms with Crippen LogP contribution in [0.25, 0.3) is 0 Å². The van der Waals surface area contributed by atoms with Gasteiger partial charge in [-0.05, 0) is 60.2 Å². The predicted octanol–water partition coefficient (Wildman–Crippen LogP) is 4.35. The number of alkyl halides is 3. The summed E-state index contributed by atoms with van der Waals surface area (Å²) in [6.45, 7) is 1.40. The Labute approximate surface area is 205 Å². The van der Waals surface area contributed by atoms with E-state index in [1.807, 2.05) is 11.0 Å². The monoisotopic (exact) mass is 526 g/mol. The molecule has 2 atom stereocenters. The Balaban J connectivity index is 1.64. The first-order valence-electron chi connectivity index (χ1n) is 10.9. The second-order valence-electron chi connectivity index (χ2n) is 8.63. The number of hydrogen-bond donors (Lipinski definition) is 2. The number of sulfonamides is 1. The van der Waals surface area contributed by atoms with Crippen molar-refractivity contribution in [1.82, 2.24) is 4.31 Å². The number of benzene rings is 2. The summed E-state index contributed by atoms with van der Waals surface area (Å²) in [5.41, 5.74) is -1.85. The van der Waals surface area contributed by atoms with Crippen LogP contribution in [0.2, 0.25) is 0 Å². The van der Waals surface area contributed by atoms with Gasteiger partial charge >= 0.3 is 6.18 Å². The average Bonchev–Trinajstić information content (AvgIpc) is 3.34. The van der Waals surface area contributed by atoms with Crippen LogP contribution in [0.4, 0.5) is 18.9 Å². The zero-order chi connectivity index (χ0) is 25.4. The highest BCUT2D eigenvalue weighted by Gasteiger charge is 2.51. The van der Waals surface area contributed by atoms with Crippen LogP contribution in [0.3, 0.4) is 0 Å². The molecular weight excluding hydrogens is 501 g/mol. The van der Waals surface area contributed by atoms with Crippen molar-refractivity contribution in [3.63, 3.8) is 0 Å². The molecule has 1 aliphatic rings.